The molecule has 0 spiro atoms. The van der Waals surface area contributed by atoms with Crippen molar-refractivity contribution >= 4 is 40.6 Å². The van der Waals surface area contributed by atoms with Gasteiger partial charge in [0.2, 0.25) is 5.91 Å². The SMILES string of the molecule is Cc1occc1-c1nnc(SCC(=O)Nc2cc([N+](=O)[O-])ccc2Cl)o1. The smallest absolute Gasteiger partial charge is 0.277 e. The van der Waals surface area contributed by atoms with E-state index in [2.05, 4.69) is 15.5 Å². The number of benzene rings is 1. The maximum absolute atomic E-state index is 12.0. The van der Waals surface area contributed by atoms with Crippen LogP contribution in [0.2, 0.25) is 5.02 Å². The van der Waals surface area contributed by atoms with Crippen LogP contribution >= 0.6 is 23.4 Å². The van der Waals surface area contributed by atoms with E-state index in [1.807, 2.05) is 0 Å². The third-order valence-corrected chi connectivity index (χ3v) is 4.41. The van der Waals surface area contributed by atoms with Crippen LogP contribution in [0, 0.1) is 17.0 Å². The Bertz CT molecular complexity index is 971. The normalized spacial score (nSPS) is 10.7. The van der Waals surface area contributed by atoms with Gasteiger partial charge in [0.25, 0.3) is 16.8 Å². The number of furan rings is 1. The third kappa shape index (κ3) is 4.03. The molecule has 0 aliphatic heterocycles. The number of aromatic nitrogens is 2. The molecule has 2 heterocycles. The molecule has 26 heavy (non-hydrogen) atoms. The van der Waals surface area contributed by atoms with Gasteiger partial charge in [-0.25, -0.2) is 0 Å². The number of carbonyl (C=O) groups excluding carboxylic acids is 1. The zero-order valence-corrected chi connectivity index (χ0v) is 14.8. The number of rotatable bonds is 6. The minimum atomic E-state index is -0.571. The van der Waals surface area contributed by atoms with Crippen molar-refractivity contribution in [3.8, 4) is 11.5 Å². The van der Waals surface area contributed by atoms with Gasteiger partial charge in [-0.1, -0.05) is 23.4 Å². The lowest BCUT2D eigenvalue weighted by Gasteiger charge is -2.06. The summed E-state index contributed by atoms with van der Waals surface area (Å²) in [7, 11) is 0. The first-order valence-corrected chi connectivity index (χ1v) is 8.55. The predicted molar refractivity (Wildman–Crippen MR) is 94.2 cm³/mol. The highest BCUT2D eigenvalue weighted by Crippen LogP contribution is 2.28. The molecule has 0 saturated carbocycles. The van der Waals surface area contributed by atoms with Gasteiger partial charge in [-0.15, -0.1) is 10.2 Å². The second-order valence-electron chi connectivity index (χ2n) is 5.02. The fraction of sp³-hybridized carbons (Fsp3) is 0.133. The molecule has 3 aromatic rings. The Kier molecular flexibility index (Phi) is 5.24. The van der Waals surface area contributed by atoms with Gasteiger partial charge in [-0.2, -0.15) is 0 Å². The number of nitro benzene ring substituents is 1. The highest BCUT2D eigenvalue weighted by atomic mass is 35.5. The number of halogens is 1. The van der Waals surface area contributed by atoms with E-state index in [4.69, 9.17) is 20.4 Å². The number of amides is 1. The Labute approximate surface area is 155 Å². The van der Waals surface area contributed by atoms with Gasteiger partial charge in [-0.05, 0) is 19.1 Å². The number of thioether (sulfide) groups is 1. The van der Waals surface area contributed by atoms with Crippen LogP contribution in [0.25, 0.3) is 11.5 Å². The molecule has 0 aliphatic carbocycles. The molecule has 0 bridgehead atoms. The summed E-state index contributed by atoms with van der Waals surface area (Å²) in [6.45, 7) is 1.77. The van der Waals surface area contributed by atoms with Crippen molar-refractivity contribution in [2.24, 2.45) is 0 Å². The van der Waals surface area contributed by atoms with E-state index in [9.17, 15) is 14.9 Å². The number of aryl methyl sites for hydroxylation is 1. The lowest BCUT2D eigenvalue weighted by Crippen LogP contribution is -2.14. The standard InChI is InChI=1S/C15H11ClN4O5S/c1-8-10(4-5-24-8)14-18-19-15(25-14)26-7-13(21)17-12-6-9(20(22)23)2-3-11(12)16/h2-6H,7H2,1H3,(H,17,21). The molecular weight excluding hydrogens is 384 g/mol. The first-order chi connectivity index (χ1) is 12.4. The van der Waals surface area contributed by atoms with Crippen molar-refractivity contribution < 1.29 is 18.6 Å². The van der Waals surface area contributed by atoms with Crippen LogP contribution in [0.4, 0.5) is 11.4 Å². The van der Waals surface area contributed by atoms with E-state index < -0.39 is 10.8 Å². The van der Waals surface area contributed by atoms with Crippen LogP contribution in [0.5, 0.6) is 0 Å². The van der Waals surface area contributed by atoms with E-state index in [0.29, 0.717) is 17.2 Å². The molecule has 0 saturated heterocycles. The summed E-state index contributed by atoms with van der Waals surface area (Å²) >= 11 is 6.97. The number of nitrogens with one attached hydrogen (secondary N) is 1. The zero-order chi connectivity index (χ0) is 18.7. The summed E-state index contributed by atoms with van der Waals surface area (Å²) in [4.78, 5) is 22.3. The van der Waals surface area contributed by atoms with Gasteiger partial charge < -0.3 is 14.2 Å². The van der Waals surface area contributed by atoms with Crippen molar-refractivity contribution in [3.05, 3.63) is 51.4 Å². The summed E-state index contributed by atoms with van der Waals surface area (Å²) < 4.78 is 10.6. The average Bonchev–Trinajstić information content (AvgIpc) is 3.23. The molecular formula is C15H11ClN4O5S. The monoisotopic (exact) mass is 394 g/mol. The topological polar surface area (TPSA) is 124 Å². The Morgan fingerprint density at radius 3 is 2.88 bits per heavy atom. The lowest BCUT2D eigenvalue weighted by atomic mass is 10.3. The van der Waals surface area contributed by atoms with Crippen molar-refractivity contribution in [3.63, 3.8) is 0 Å². The van der Waals surface area contributed by atoms with Gasteiger partial charge in [0.05, 0.1) is 33.2 Å². The highest BCUT2D eigenvalue weighted by molar-refractivity contribution is 7.99. The highest BCUT2D eigenvalue weighted by Gasteiger charge is 2.16. The van der Waals surface area contributed by atoms with Crippen LogP contribution in [0.3, 0.4) is 0 Å². The molecule has 0 fully saturated rings. The van der Waals surface area contributed by atoms with Crippen molar-refractivity contribution in [1.29, 1.82) is 0 Å². The number of hydrogen-bond acceptors (Lipinski definition) is 8. The fourth-order valence-electron chi connectivity index (χ4n) is 2.02. The van der Waals surface area contributed by atoms with Gasteiger partial charge in [0, 0.05) is 12.1 Å². The number of nitrogens with zero attached hydrogens (tertiary/aromatic N) is 3. The van der Waals surface area contributed by atoms with Crippen LogP contribution in [0.1, 0.15) is 5.76 Å². The number of anilines is 1. The Morgan fingerprint density at radius 2 is 2.19 bits per heavy atom. The molecule has 0 radical (unpaired) electrons. The third-order valence-electron chi connectivity index (χ3n) is 3.26. The number of hydrogen-bond donors (Lipinski definition) is 1. The molecule has 0 unspecified atom stereocenters. The largest absolute Gasteiger partial charge is 0.469 e. The summed E-state index contributed by atoms with van der Waals surface area (Å²) in [6.07, 6.45) is 1.51. The second kappa shape index (κ2) is 7.58. The first-order valence-electron chi connectivity index (χ1n) is 7.18. The van der Waals surface area contributed by atoms with Gasteiger partial charge in [0.15, 0.2) is 0 Å². The van der Waals surface area contributed by atoms with Gasteiger partial charge >= 0.3 is 0 Å². The molecule has 3 rings (SSSR count). The molecule has 0 atom stereocenters. The number of nitro groups is 1. The van der Waals surface area contributed by atoms with Crippen LogP contribution in [-0.2, 0) is 4.79 Å². The Balaban J connectivity index is 1.61. The van der Waals surface area contributed by atoms with Crippen molar-refractivity contribution in [2.45, 2.75) is 12.1 Å². The summed E-state index contributed by atoms with van der Waals surface area (Å²) in [6, 6.07) is 5.50. The van der Waals surface area contributed by atoms with Crippen molar-refractivity contribution in [1.82, 2.24) is 10.2 Å². The summed E-state index contributed by atoms with van der Waals surface area (Å²) in [5.74, 6) is 0.478. The molecule has 0 aliphatic rings. The van der Waals surface area contributed by atoms with Crippen LogP contribution in [-0.4, -0.2) is 26.8 Å². The minimum absolute atomic E-state index is 0.0367. The van der Waals surface area contributed by atoms with Gasteiger partial charge in [-0.3, -0.25) is 14.9 Å². The van der Waals surface area contributed by atoms with E-state index >= 15 is 0 Å². The summed E-state index contributed by atoms with van der Waals surface area (Å²) in [5.41, 5.74) is 0.665. The minimum Gasteiger partial charge on any atom is -0.469 e. The van der Waals surface area contributed by atoms with E-state index in [0.717, 1.165) is 11.8 Å². The van der Waals surface area contributed by atoms with Crippen LogP contribution in [0.15, 0.2) is 44.6 Å². The number of non-ortho nitro benzene ring substituents is 1. The fourth-order valence-corrected chi connectivity index (χ4v) is 2.75. The molecule has 1 amide bonds. The molecule has 134 valence electrons. The molecule has 9 nitrogen and oxygen atoms in total. The quantitative estimate of drug-likeness (QED) is 0.378. The van der Waals surface area contributed by atoms with E-state index in [1.165, 1.54) is 24.5 Å². The average molecular weight is 395 g/mol. The van der Waals surface area contributed by atoms with Crippen molar-refractivity contribution in [2.75, 3.05) is 11.1 Å². The number of carbonyl (C=O) groups is 1. The molecule has 1 N–H and O–H groups in total. The lowest BCUT2D eigenvalue weighted by molar-refractivity contribution is -0.384. The maximum atomic E-state index is 12.0. The van der Waals surface area contributed by atoms with E-state index in [-0.39, 0.29) is 27.4 Å². The Hall–Kier alpha value is -2.85. The second-order valence-corrected chi connectivity index (χ2v) is 6.36. The summed E-state index contributed by atoms with van der Waals surface area (Å²) in [5, 5.41) is 21.5. The van der Waals surface area contributed by atoms with E-state index in [1.54, 1.807) is 13.0 Å². The van der Waals surface area contributed by atoms with Crippen LogP contribution < -0.4 is 5.32 Å². The zero-order valence-electron chi connectivity index (χ0n) is 13.3. The first kappa shape index (κ1) is 18.0. The Morgan fingerprint density at radius 1 is 1.38 bits per heavy atom. The predicted octanol–water partition coefficient (Wildman–Crippen LogP) is 3.93. The molecule has 1 aromatic carbocycles. The molecule has 11 heteroatoms. The maximum Gasteiger partial charge on any atom is 0.277 e. The molecule has 2 aromatic heterocycles. The van der Waals surface area contributed by atoms with Gasteiger partial charge in [0.1, 0.15) is 5.76 Å².